The molecule has 1 aromatic carbocycles. The summed E-state index contributed by atoms with van der Waals surface area (Å²) in [6.45, 7) is 2.95. The summed E-state index contributed by atoms with van der Waals surface area (Å²) in [4.78, 5) is 9.48. The first-order valence-electron chi connectivity index (χ1n) is 9.04. The van der Waals surface area contributed by atoms with Gasteiger partial charge in [0.15, 0.2) is 5.82 Å². The lowest BCUT2D eigenvalue weighted by atomic mass is 10.1. The van der Waals surface area contributed by atoms with Gasteiger partial charge in [-0.05, 0) is 37.2 Å². The smallest absolute Gasteiger partial charge is 0.163 e. The van der Waals surface area contributed by atoms with E-state index < -0.39 is 0 Å². The lowest BCUT2D eigenvalue weighted by Gasteiger charge is -2.21. The monoisotopic (exact) mass is 419 g/mol. The van der Waals surface area contributed by atoms with Gasteiger partial charge in [0.05, 0.1) is 16.5 Å². The van der Waals surface area contributed by atoms with Crippen LogP contribution in [0.1, 0.15) is 11.3 Å². The van der Waals surface area contributed by atoms with E-state index in [-0.39, 0.29) is 0 Å². The third-order valence-corrected chi connectivity index (χ3v) is 4.91. The highest BCUT2D eigenvalue weighted by Gasteiger charge is 2.19. The number of hydrogen-bond donors (Lipinski definition) is 5. The van der Waals surface area contributed by atoms with Gasteiger partial charge in [0, 0.05) is 49.0 Å². The Bertz CT molecular complexity index is 883. The van der Waals surface area contributed by atoms with Crippen LogP contribution in [0.3, 0.4) is 0 Å². The lowest BCUT2D eigenvalue weighted by Crippen LogP contribution is -2.30. The fraction of sp³-hybridized carbons (Fsp3) is 0.316. The van der Waals surface area contributed by atoms with E-state index in [1.807, 2.05) is 13.1 Å². The average molecular weight is 420 g/mol. The number of aromatic nitrogens is 2. The molecule has 0 radical (unpaired) electrons. The van der Waals surface area contributed by atoms with Crippen molar-refractivity contribution in [3.63, 3.8) is 0 Å². The van der Waals surface area contributed by atoms with Crippen molar-refractivity contribution in [1.29, 1.82) is 5.41 Å². The van der Waals surface area contributed by atoms with Crippen LogP contribution in [-0.4, -0.2) is 42.9 Å². The molecule has 0 amide bonds. The molecule has 3 rings (SSSR count). The summed E-state index contributed by atoms with van der Waals surface area (Å²) in [7, 11) is 1.81. The molecule has 0 bridgehead atoms. The Hall–Kier alpha value is -2.35. The molecule has 148 valence electrons. The van der Waals surface area contributed by atoms with E-state index in [4.69, 9.17) is 38.6 Å². The first kappa shape index (κ1) is 20.4. The number of benzene rings is 1. The molecule has 7 nitrogen and oxygen atoms in total. The second-order valence-electron chi connectivity index (χ2n) is 6.22. The molecule has 1 aliphatic rings. The molecule has 0 unspecified atom stereocenters. The fourth-order valence-electron chi connectivity index (χ4n) is 2.99. The molecule has 9 heteroatoms. The number of hydrogen-bond acceptors (Lipinski definition) is 7. The van der Waals surface area contributed by atoms with Crippen LogP contribution in [0.4, 0.5) is 5.82 Å². The van der Waals surface area contributed by atoms with Crippen molar-refractivity contribution in [1.82, 2.24) is 25.9 Å². The van der Waals surface area contributed by atoms with Crippen LogP contribution in [0, 0.1) is 5.41 Å². The number of nitrogens with zero attached hydrogens (tertiary/aromatic N) is 2. The molecule has 0 atom stereocenters. The summed E-state index contributed by atoms with van der Waals surface area (Å²) in [6.07, 6.45) is 3.77. The van der Waals surface area contributed by atoms with E-state index in [0.29, 0.717) is 35.5 Å². The van der Waals surface area contributed by atoms with Crippen LogP contribution in [0.25, 0.3) is 11.4 Å². The van der Waals surface area contributed by atoms with Crippen molar-refractivity contribution in [2.75, 3.05) is 32.0 Å². The minimum Gasteiger partial charge on any atom is -0.375 e. The Labute approximate surface area is 174 Å². The van der Waals surface area contributed by atoms with E-state index in [1.54, 1.807) is 18.2 Å². The SMILES string of the molecule is CN/C(=C\C=N)NCCNc1nc(-c2ccc(Cl)cc2Cl)nc2c1CCNC2. The number of anilines is 1. The molecular weight excluding hydrogens is 397 g/mol. The summed E-state index contributed by atoms with van der Waals surface area (Å²) in [5.74, 6) is 2.20. The van der Waals surface area contributed by atoms with Gasteiger partial charge in [0.25, 0.3) is 0 Å². The predicted molar refractivity (Wildman–Crippen MR) is 115 cm³/mol. The zero-order valence-electron chi connectivity index (χ0n) is 15.6. The molecule has 5 N–H and O–H groups in total. The van der Waals surface area contributed by atoms with Gasteiger partial charge in [0.1, 0.15) is 5.82 Å². The van der Waals surface area contributed by atoms with E-state index >= 15 is 0 Å². The summed E-state index contributed by atoms with van der Waals surface area (Å²) in [6, 6.07) is 5.33. The summed E-state index contributed by atoms with van der Waals surface area (Å²) < 4.78 is 0. The van der Waals surface area contributed by atoms with Gasteiger partial charge in [-0.2, -0.15) is 0 Å². The van der Waals surface area contributed by atoms with Gasteiger partial charge in [-0.15, -0.1) is 0 Å². The highest BCUT2D eigenvalue weighted by Crippen LogP contribution is 2.31. The van der Waals surface area contributed by atoms with Crippen molar-refractivity contribution in [2.45, 2.75) is 13.0 Å². The van der Waals surface area contributed by atoms with Crippen LogP contribution in [0.5, 0.6) is 0 Å². The maximum absolute atomic E-state index is 7.15. The van der Waals surface area contributed by atoms with Gasteiger partial charge in [-0.1, -0.05) is 23.2 Å². The zero-order valence-corrected chi connectivity index (χ0v) is 17.1. The summed E-state index contributed by atoms with van der Waals surface area (Å²) >= 11 is 12.4. The van der Waals surface area contributed by atoms with E-state index in [0.717, 1.165) is 41.4 Å². The molecule has 0 saturated heterocycles. The Balaban J connectivity index is 1.81. The highest BCUT2D eigenvalue weighted by atomic mass is 35.5. The van der Waals surface area contributed by atoms with Crippen molar-refractivity contribution in [3.8, 4) is 11.4 Å². The molecule has 0 fully saturated rings. The maximum atomic E-state index is 7.15. The molecule has 0 aliphatic carbocycles. The number of allylic oxidation sites excluding steroid dienone is 1. The normalized spacial score (nSPS) is 13.6. The predicted octanol–water partition coefficient (Wildman–Crippen LogP) is 2.81. The largest absolute Gasteiger partial charge is 0.375 e. The van der Waals surface area contributed by atoms with E-state index in [9.17, 15) is 0 Å². The Morgan fingerprint density at radius 2 is 2.14 bits per heavy atom. The summed E-state index contributed by atoms with van der Waals surface area (Å²) in [5, 5.41) is 21.3. The first-order chi connectivity index (χ1) is 13.6. The molecule has 2 aromatic rings. The molecule has 0 spiro atoms. The van der Waals surface area contributed by atoms with Gasteiger partial charge in [0.2, 0.25) is 0 Å². The molecule has 2 heterocycles. The zero-order chi connectivity index (χ0) is 19.9. The maximum Gasteiger partial charge on any atom is 0.163 e. The van der Waals surface area contributed by atoms with Crippen LogP contribution in [0.2, 0.25) is 10.0 Å². The number of rotatable bonds is 8. The number of halogens is 2. The third-order valence-electron chi connectivity index (χ3n) is 4.36. The second kappa shape index (κ2) is 9.73. The molecule has 1 aromatic heterocycles. The van der Waals surface area contributed by atoms with Crippen LogP contribution >= 0.6 is 23.2 Å². The van der Waals surface area contributed by atoms with Crippen LogP contribution < -0.4 is 21.3 Å². The summed E-state index contributed by atoms with van der Waals surface area (Å²) in [5.41, 5.74) is 2.88. The first-order valence-corrected chi connectivity index (χ1v) is 9.80. The topological polar surface area (TPSA) is 97.8 Å². The van der Waals surface area contributed by atoms with Crippen molar-refractivity contribution in [2.24, 2.45) is 0 Å². The molecule has 1 aliphatic heterocycles. The standard InChI is InChI=1S/C19H23Cl2N7/c1-23-17(4-6-22)25-8-9-26-18-14-5-7-24-11-16(14)27-19(28-18)13-3-2-12(20)10-15(13)21/h2-4,6,10,22-25H,5,7-9,11H2,1H3,(H,26,27,28)/b17-4+,22-6?. The Kier molecular flexibility index (Phi) is 7.08. The van der Waals surface area contributed by atoms with E-state index in [1.165, 1.54) is 6.21 Å². The quantitative estimate of drug-likeness (QED) is 0.333. The second-order valence-corrected chi connectivity index (χ2v) is 7.07. The van der Waals surface area contributed by atoms with Crippen molar-refractivity contribution >= 4 is 35.2 Å². The van der Waals surface area contributed by atoms with Crippen molar-refractivity contribution in [3.05, 3.63) is 51.4 Å². The van der Waals surface area contributed by atoms with Crippen LogP contribution in [0.15, 0.2) is 30.1 Å². The minimum absolute atomic E-state index is 0.527. The lowest BCUT2D eigenvalue weighted by molar-refractivity contribution is 0.624. The van der Waals surface area contributed by atoms with Gasteiger partial charge in [-0.25, -0.2) is 9.97 Å². The van der Waals surface area contributed by atoms with E-state index in [2.05, 4.69) is 21.3 Å². The third kappa shape index (κ3) is 4.92. The molecular formula is C19H23Cl2N7. The number of fused-ring (bicyclic) bond motifs is 1. The Morgan fingerprint density at radius 3 is 2.89 bits per heavy atom. The van der Waals surface area contributed by atoms with Gasteiger partial charge >= 0.3 is 0 Å². The van der Waals surface area contributed by atoms with Crippen molar-refractivity contribution < 1.29 is 0 Å². The molecule has 0 saturated carbocycles. The number of nitrogens with one attached hydrogen (secondary N) is 5. The van der Waals surface area contributed by atoms with Gasteiger partial charge < -0.3 is 26.7 Å². The minimum atomic E-state index is 0.527. The van der Waals surface area contributed by atoms with Gasteiger partial charge in [-0.3, -0.25) is 0 Å². The Morgan fingerprint density at radius 1 is 1.29 bits per heavy atom. The van der Waals surface area contributed by atoms with Crippen LogP contribution in [-0.2, 0) is 13.0 Å². The average Bonchev–Trinajstić information content (AvgIpc) is 2.70. The molecule has 28 heavy (non-hydrogen) atoms. The fourth-order valence-corrected chi connectivity index (χ4v) is 3.48. The highest BCUT2D eigenvalue weighted by molar-refractivity contribution is 6.36.